The molecule has 0 aliphatic heterocycles. The van der Waals surface area contributed by atoms with Crippen LogP contribution in [0.3, 0.4) is 0 Å². The minimum atomic E-state index is -0.400. The summed E-state index contributed by atoms with van der Waals surface area (Å²) in [7, 11) is 0. The molecule has 0 saturated carbocycles. The summed E-state index contributed by atoms with van der Waals surface area (Å²) < 4.78 is 19.2. The van der Waals surface area contributed by atoms with Gasteiger partial charge in [0.15, 0.2) is 12.4 Å². The van der Waals surface area contributed by atoms with Crippen molar-refractivity contribution in [2.75, 3.05) is 6.61 Å². The van der Waals surface area contributed by atoms with Crippen molar-refractivity contribution >= 4 is 21.7 Å². The summed E-state index contributed by atoms with van der Waals surface area (Å²) in [6.45, 7) is 5.76. The minimum Gasteiger partial charge on any atom is -0.484 e. The van der Waals surface area contributed by atoms with Gasteiger partial charge in [-0.3, -0.25) is 4.79 Å². The molecule has 2 aromatic rings. The minimum absolute atomic E-state index is 0.119. The summed E-state index contributed by atoms with van der Waals surface area (Å²) in [5.41, 5.74) is 3.78. The summed E-state index contributed by atoms with van der Waals surface area (Å²) in [5.74, 6) is -0.195. The van der Waals surface area contributed by atoms with Gasteiger partial charge in [0.25, 0.3) is 0 Å². The molecule has 2 rings (SSSR count). The number of ketones is 1. The Morgan fingerprint density at radius 3 is 2.48 bits per heavy atom. The van der Waals surface area contributed by atoms with Crippen molar-refractivity contribution in [3.63, 3.8) is 0 Å². The molecule has 110 valence electrons. The third-order valence-electron chi connectivity index (χ3n) is 3.39. The van der Waals surface area contributed by atoms with Gasteiger partial charge in [0.2, 0.25) is 0 Å². The van der Waals surface area contributed by atoms with Gasteiger partial charge in [-0.25, -0.2) is 4.39 Å². The molecule has 0 saturated heterocycles. The number of ether oxygens (including phenoxy) is 1. The molecule has 0 spiro atoms. The lowest BCUT2D eigenvalue weighted by Gasteiger charge is -2.11. The highest BCUT2D eigenvalue weighted by Gasteiger charge is 2.13. The van der Waals surface area contributed by atoms with Gasteiger partial charge < -0.3 is 4.74 Å². The first-order valence-corrected chi connectivity index (χ1v) is 7.36. The Morgan fingerprint density at radius 2 is 1.76 bits per heavy atom. The van der Waals surface area contributed by atoms with Crippen LogP contribution in [-0.2, 0) is 0 Å². The maximum absolute atomic E-state index is 13.2. The Kier molecular flexibility index (Phi) is 4.78. The van der Waals surface area contributed by atoms with E-state index in [0.717, 1.165) is 16.7 Å². The fourth-order valence-corrected chi connectivity index (χ4v) is 2.43. The van der Waals surface area contributed by atoms with E-state index in [2.05, 4.69) is 15.9 Å². The van der Waals surface area contributed by atoms with Crippen LogP contribution in [0.4, 0.5) is 4.39 Å². The van der Waals surface area contributed by atoms with Crippen LogP contribution < -0.4 is 4.74 Å². The zero-order valence-electron chi connectivity index (χ0n) is 12.2. The van der Waals surface area contributed by atoms with Gasteiger partial charge in [-0.15, -0.1) is 0 Å². The summed E-state index contributed by atoms with van der Waals surface area (Å²) in [6, 6.07) is 7.99. The van der Waals surface area contributed by atoms with Crippen molar-refractivity contribution in [2.24, 2.45) is 0 Å². The predicted octanol–water partition coefficient (Wildman–Crippen LogP) is 4.78. The number of Topliss-reactive ketones (excluding diaryl/α,β-unsaturated/α-hetero) is 1. The van der Waals surface area contributed by atoms with E-state index in [9.17, 15) is 9.18 Å². The Bertz CT molecular complexity index is 695. The molecule has 0 bridgehead atoms. The molecule has 0 aliphatic rings. The van der Waals surface area contributed by atoms with Crippen LogP contribution in [0.1, 0.15) is 27.0 Å². The highest BCUT2D eigenvalue weighted by atomic mass is 79.9. The largest absolute Gasteiger partial charge is 0.484 e. The van der Waals surface area contributed by atoms with Gasteiger partial charge in [0, 0.05) is 11.6 Å². The lowest BCUT2D eigenvalue weighted by molar-refractivity contribution is 0.0920. The van der Waals surface area contributed by atoms with E-state index in [1.165, 1.54) is 12.1 Å². The van der Waals surface area contributed by atoms with Gasteiger partial charge >= 0.3 is 0 Å². The maximum Gasteiger partial charge on any atom is 0.200 e. The van der Waals surface area contributed by atoms with Crippen molar-refractivity contribution in [2.45, 2.75) is 20.8 Å². The Hall–Kier alpha value is -1.68. The van der Waals surface area contributed by atoms with Crippen LogP contribution in [0.5, 0.6) is 5.75 Å². The molecule has 0 aliphatic carbocycles. The maximum atomic E-state index is 13.2. The molecule has 0 N–H and O–H groups in total. The SMILES string of the molecule is Cc1cc(C)c(C(=O)COc2cc(F)ccc2Br)cc1C. The molecule has 0 fully saturated rings. The number of carbonyl (C=O) groups is 1. The average Bonchev–Trinajstić information content (AvgIpc) is 2.43. The predicted molar refractivity (Wildman–Crippen MR) is 84.6 cm³/mol. The molecule has 0 atom stereocenters. The Morgan fingerprint density at radius 1 is 1.10 bits per heavy atom. The van der Waals surface area contributed by atoms with Crippen LogP contribution in [0, 0.1) is 26.6 Å². The van der Waals surface area contributed by atoms with Crippen LogP contribution >= 0.6 is 15.9 Å². The zero-order chi connectivity index (χ0) is 15.6. The van der Waals surface area contributed by atoms with Gasteiger partial charge in [0.1, 0.15) is 11.6 Å². The molecule has 0 heterocycles. The van der Waals surface area contributed by atoms with Crippen LogP contribution in [0.25, 0.3) is 0 Å². The van der Waals surface area contributed by atoms with E-state index in [1.807, 2.05) is 32.9 Å². The van der Waals surface area contributed by atoms with Gasteiger partial charge in [-0.2, -0.15) is 0 Å². The Labute approximate surface area is 132 Å². The number of hydrogen-bond donors (Lipinski definition) is 0. The zero-order valence-corrected chi connectivity index (χ0v) is 13.8. The van der Waals surface area contributed by atoms with Crippen molar-refractivity contribution < 1.29 is 13.9 Å². The topological polar surface area (TPSA) is 26.3 Å². The summed E-state index contributed by atoms with van der Waals surface area (Å²) in [6.07, 6.45) is 0. The molecule has 2 aromatic carbocycles. The second-order valence-electron chi connectivity index (χ2n) is 5.04. The molecule has 0 unspecified atom stereocenters. The third-order valence-corrected chi connectivity index (χ3v) is 4.05. The Balaban J connectivity index is 2.15. The normalized spacial score (nSPS) is 10.5. The van der Waals surface area contributed by atoms with Crippen LogP contribution in [-0.4, -0.2) is 12.4 Å². The molecule has 21 heavy (non-hydrogen) atoms. The molecular formula is C17H16BrFO2. The lowest BCUT2D eigenvalue weighted by Crippen LogP contribution is -2.13. The van der Waals surface area contributed by atoms with Gasteiger partial charge in [-0.05, 0) is 71.6 Å². The highest BCUT2D eigenvalue weighted by molar-refractivity contribution is 9.10. The van der Waals surface area contributed by atoms with E-state index < -0.39 is 5.82 Å². The van der Waals surface area contributed by atoms with Crippen molar-refractivity contribution in [1.82, 2.24) is 0 Å². The third kappa shape index (κ3) is 3.70. The first-order chi connectivity index (χ1) is 9.88. The van der Waals surface area contributed by atoms with E-state index in [4.69, 9.17) is 4.74 Å². The second kappa shape index (κ2) is 6.39. The number of benzene rings is 2. The van der Waals surface area contributed by atoms with E-state index in [1.54, 1.807) is 6.07 Å². The number of hydrogen-bond acceptors (Lipinski definition) is 2. The summed E-state index contributed by atoms with van der Waals surface area (Å²) >= 11 is 3.27. The van der Waals surface area contributed by atoms with Crippen molar-refractivity contribution in [1.29, 1.82) is 0 Å². The first-order valence-electron chi connectivity index (χ1n) is 6.57. The number of rotatable bonds is 4. The monoisotopic (exact) mass is 350 g/mol. The quantitative estimate of drug-likeness (QED) is 0.742. The van der Waals surface area contributed by atoms with Crippen molar-refractivity contribution in [3.8, 4) is 5.75 Å². The molecule has 2 nitrogen and oxygen atoms in total. The smallest absolute Gasteiger partial charge is 0.200 e. The number of aryl methyl sites for hydroxylation is 3. The molecular weight excluding hydrogens is 335 g/mol. The summed E-state index contributed by atoms with van der Waals surface area (Å²) in [4.78, 5) is 12.3. The van der Waals surface area contributed by atoms with Gasteiger partial charge in [0.05, 0.1) is 4.47 Å². The van der Waals surface area contributed by atoms with E-state index in [0.29, 0.717) is 15.8 Å². The molecule has 0 amide bonds. The van der Waals surface area contributed by atoms with Gasteiger partial charge in [-0.1, -0.05) is 6.07 Å². The molecule has 0 aromatic heterocycles. The fourth-order valence-electron chi connectivity index (χ4n) is 2.07. The number of carbonyl (C=O) groups excluding carboxylic acids is 1. The first kappa shape index (κ1) is 15.7. The fraction of sp³-hybridized carbons (Fsp3) is 0.235. The highest BCUT2D eigenvalue weighted by Crippen LogP contribution is 2.26. The summed E-state index contributed by atoms with van der Waals surface area (Å²) in [5, 5.41) is 0. The second-order valence-corrected chi connectivity index (χ2v) is 5.89. The average molecular weight is 351 g/mol. The lowest BCUT2D eigenvalue weighted by atomic mass is 9.98. The number of halogens is 2. The molecule has 4 heteroatoms. The van der Waals surface area contributed by atoms with E-state index >= 15 is 0 Å². The van der Waals surface area contributed by atoms with Crippen LogP contribution in [0.2, 0.25) is 0 Å². The van der Waals surface area contributed by atoms with E-state index in [-0.39, 0.29) is 12.4 Å². The van der Waals surface area contributed by atoms with Crippen LogP contribution in [0.15, 0.2) is 34.8 Å². The standard InChI is InChI=1S/C17H16BrFO2/c1-10-6-12(3)14(7-11(10)2)16(20)9-21-17-8-13(19)4-5-15(17)18/h4-8H,9H2,1-3H3. The molecule has 0 radical (unpaired) electrons. The van der Waals surface area contributed by atoms with Crippen molar-refractivity contribution in [3.05, 3.63) is 62.9 Å².